The number of anilines is 1. The molecule has 0 aromatic heterocycles. The van der Waals surface area contributed by atoms with Crippen molar-refractivity contribution in [2.45, 2.75) is 13.3 Å². The van der Waals surface area contributed by atoms with Crippen LogP contribution in [0.15, 0.2) is 18.2 Å². The average molecular weight is 296 g/mol. The van der Waals surface area contributed by atoms with Gasteiger partial charge in [-0.2, -0.15) is 5.26 Å². The van der Waals surface area contributed by atoms with Crippen LogP contribution in [0.4, 0.5) is 10.5 Å². The molecule has 0 radical (unpaired) electrons. The number of carbonyl (C=O) groups is 2. The van der Waals surface area contributed by atoms with E-state index < -0.39 is 17.9 Å². The van der Waals surface area contributed by atoms with Gasteiger partial charge in [0, 0.05) is 6.54 Å². The van der Waals surface area contributed by atoms with Crippen molar-refractivity contribution in [3.8, 4) is 6.07 Å². The molecule has 2 amide bonds. The lowest BCUT2D eigenvalue weighted by molar-refractivity contribution is -0.141. The Balaban J connectivity index is 2.63. The van der Waals surface area contributed by atoms with E-state index in [0.29, 0.717) is 22.7 Å². The molecule has 0 aliphatic rings. The second-order valence-electron chi connectivity index (χ2n) is 4.08. The lowest BCUT2D eigenvalue weighted by atomic mass is 10.1. The summed E-state index contributed by atoms with van der Waals surface area (Å²) in [7, 11) is 0. The molecule has 1 aromatic carbocycles. The first-order valence-corrected chi connectivity index (χ1v) is 6.33. The van der Waals surface area contributed by atoms with Gasteiger partial charge in [-0.3, -0.25) is 4.79 Å². The van der Waals surface area contributed by atoms with Crippen molar-refractivity contribution < 1.29 is 14.7 Å². The lowest BCUT2D eigenvalue weighted by Gasteiger charge is -2.12. The third kappa shape index (κ3) is 4.44. The summed E-state index contributed by atoms with van der Waals surface area (Å²) in [5.74, 6) is -1.60. The van der Waals surface area contributed by atoms with Gasteiger partial charge in [0.2, 0.25) is 0 Å². The predicted molar refractivity (Wildman–Crippen MR) is 74.6 cm³/mol. The summed E-state index contributed by atoms with van der Waals surface area (Å²) >= 11 is 5.89. The lowest BCUT2D eigenvalue weighted by Crippen LogP contribution is -2.35. The van der Waals surface area contributed by atoms with E-state index in [1.165, 1.54) is 18.2 Å². The zero-order chi connectivity index (χ0) is 15.1. The van der Waals surface area contributed by atoms with E-state index in [1.54, 1.807) is 6.92 Å². The quantitative estimate of drug-likeness (QED) is 0.776. The number of nitriles is 1. The molecular weight excluding hydrogens is 282 g/mol. The standard InChI is InChI=1S/C13H14ClN3O3/c1-2-9(12(18)19)7-16-13(20)17-11-5-8(6-15)3-4-10(11)14/h3-5,9H,2,7H2,1H3,(H,18,19)(H2,16,17,20). The normalized spacial score (nSPS) is 11.2. The zero-order valence-electron chi connectivity index (χ0n) is 10.8. The Morgan fingerprint density at radius 3 is 2.75 bits per heavy atom. The maximum absolute atomic E-state index is 11.7. The van der Waals surface area contributed by atoms with Crippen molar-refractivity contribution in [1.29, 1.82) is 5.26 Å². The SMILES string of the molecule is CCC(CNC(=O)Nc1cc(C#N)ccc1Cl)C(=O)O. The Labute approximate surface area is 121 Å². The van der Waals surface area contributed by atoms with Crippen LogP contribution < -0.4 is 10.6 Å². The monoisotopic (exact) mass is 295 g/mol. The van der Waals surface area contributed by atoms with E-state index in [2.05, 4.69) is 10.6 Å². The van der Waals surface area contributed by atoms with E-state index in [0.717, 1.165) is 0 Å². The molecule has 106 valence electrons. The number of rotatable bonds is 5. The minimum absolute atomic E-state index is 0.0211. The Hall–Kier alpha value is -2.26. The molecule has 0 aliphatic carbocycles. The van der Waals surface area contributed by atoms with E-state index in [4.69, 9.17) is 22.0 Å². The number of hydrogen-bond acceptors (Lipinski definition) is 3. The van der Waals surface area contributed by atoms with Gasteiger partial charge in [0.25, 0.3) is 0 Å². The van der Waals surface area contributed by atoms with Gasteiger partial charge in [0.1, 0.15) is 0 Å². The predicted octanol–water partition coefficient (Wildman–Crippen LogP) is 2.44. The molecule has 3 N–H and O–H groups in total. The van der Waals surface area contributed by atoms with Crippen molar-refractivity contribution >= 4 is 29.3 Å². The fourth-order valence-corrected chi connectivity index (χ4v) is 1.64. The van der Waals surface area contributed by atoms with Crippen LogP contribution >= 0.6 is 11.6 Å². The summed E-state index contributed by atoms with van der Waals surface area (Å²) in [6.45, 7) is 1.75. The first-order chi connectivity index (χ1) is 9.47. The molecule has 6 nitrogen and oxygen atoms in total. The number of hydrogen-bond donors (Lipinski definition) is 3. The topological polar surface area (TPSA) is 102 Å². The van der Waals surface area contributed by atoms with Crippen molar-refractivity contribution in [2.75, 3.05) is 11.9 Å². The van der Waals surface area contributed by atoms with Crippen LogP contribution in [-0.2, 0) is 4.79 Å². The van der Waals surface area contributed by atoms with E-state index in [-0.39, 0.29) is 6.54 Å². The Morgan fingerprint density at radius 1 is 1.50 bits per heavy atom. The number of amides is 2. The minimum atomic E-state index is -0.961. The molecule has 1 atom stereocenters. The highest BCUT2D eigenvalue weighted by Crippen LogP contribution is 2.22. The van der Waals surface area contributed by atoms with E-state index in [1.807, 2.05) is 6.07 Å². The molecule has 0 saturated carbocycles. The van der Waals surface area contributed by atoms with E-state index in [9.17, 15) is 9.59 Å². The maximum atomic E-state index is 11.7. The second kappa shape index (κ2) is 7.36. The molecule has 0 saturated heterocycles. The molecule has 0 aliphatic heterocycles. The first kappa shape index (κ1) is 15.8. The highest BCUT2D eigenvalue weighted by atomic mass is 35.5. The van der Waals surface area contributed by atoms with Crippen LogP contribution in [0.1, 0.15) is 18.9 Å². The van der Waals surface area contributed by atoms with Crippen LogP contribution in [0.25, 0.3) is 0 Å². The van der Waals surface area contributed by atoms with Crippen LogP contribution in [0.3, 0.4) is 0 Å². The van der Waals surface area contributed by atoms with Crippen molar-refractivity contribution in [2.24, 2.45) is 5.92 Å². The molecule has 0 fully saturated rings. The Bertz CT molecular complexity index is 554. The molecule has 7 heteroatoms. The fourth-order valence-electron chi connectivity index (χ4n) is 1.48. The number of carboxylic acid groups (broad SMARTS) is 1. The van der Waals surface area contributed by atoms with Gasteiger partial charge in [-0.25, -0.2) is 4.79 Å². The highest BCUT2D eigenvalue weighted by molar-refractivity contribution is 6.33. The number of nitrogens with zero attached hydrogens (tertiary/aromatic N) is 1. The maximum Gasteiger partial charge on any atom is 0.319 e. The van der Waals surface area contributed by atoms with Gasteiger partial charge < -0.3 is 15.7 Å². The third-order valence-electron chi connectivity index (χ3n) is 2.69. The number of carbonyl (C=O) groups excluding carboxylic acids is 1. The van der Waals surface area contributed by atoms with Crippen LogP contribution in [0.2, 0.25) is 5.02 Å². The van der Waals surface area contributed by atoms with Gasteiger partial charge in [-0.15, -0.1) is 0 Å². The van der Waals surface area contributed by atoms with E-state index >= 15 is 0 Å². The van der Waals surface area contributed by atoms with Crippen molar-refractivity contribution in [3.05, 3.63) is 28.8 Å². The summed E-state index contributed by atoms with van der Waals surface area (Å²) in [5.41, 5.74) is 0.660. The fraction of sp³-hybridized carbons (Fsp3) is 0.308. The van der Waals surface area contributed by atoms with Gasteiger partial charge in [0.05, 0.1) is 28.3 Å². The number of aliphatic carboxylic acids is 1. The summed E-state index contributed by atoms with van der Waals surface area (Å²) in [4.78, 5) is 22.5. The van der Waals surface area contributed by atoms with Crippen LogP contribution in [-0.4, -0.2) is 23.7 Å². The van der Waals surface area contributed by atoms with Gasteiger partial charge in [0.15, 0.2) is 0 Å². The first-order valence-electron chi connectivity index (χ1n) is 5.95. The summed E-state index contributed by atoms with van der Waals surface area (Å²) < 4.78 is 0. The smallest absolute Gasteiger partial charge is 0.319 e. The van der Waals surface area contributed by atoms with Crippen LogP contribution in [0.5, 0.6) is 0 Å². The van der Waals surface area contributed by atoms with Crippen molar-refractivity contribution in [3.63, 3.8) is 0 Å². The van der Waals surface area contributed by atoms with Gasteiger partial charge >= 0.3 is 12.0 Å². The second-order valence-corrected chi connectivity index (χ2v) is 4.49. The minimum Gasteiger partial charge on any atom is -0.481 e. The molecule has 0 spiro atoms. The number of urea groups is 1. The molecular formula is C13H14ClN3O3. The number of nitrogens with one attached hydrogen (secondary N) is 2. The molecule has 1 rings (SSSR count). The van der Waals surface area contributed by atoms with Gasteiger partial charge in [-0.05, 0) is 24.6 Å². The average Bonchev–Trinajstić information content (AvgIpc) is 2.41. The summed E-state index contributed by atoms with van der Waals surface area (Å²) in [5, 5.41) is 22.9. The Morgan fingerprint density at radius 2 is 2.20 bits per heavy atom. The molecule has 0 bridgehead atoms. The Kier molecular flexibility index (Phi) is 5.81. The molecule has 0 heterocycles. The number of halogens is 1. The zero-order valence-corrected chi connectivity index (χ0v) is 11.6. The third-order valence-corrected chi connectivity index (χ3v) is 3.02. The summed E-state index contributed by atoms with van der Waals surface area (Å²) in [6, 6.07) is 5.84. The molecule has 20 heavy (non-hydrogen) atoms. The number of carboxylic acids is 1. The molecule has 1 aromatic rings. The summed E-state index contributed by atoms with van der Waals surface area (Å²) in [6.07, 6.45) is 0.417. The van der Waals surface area contributed by atoms with Crippen molar-refractivity contribution in [1.82, 2.24) is 5.32 Å². The number of benzene rings is 1. The largest absolute Gasteiger partial charge is 0.481 e. The highest BCUT2D eigenvalue weighted by Gasteiger charge is 2.16. The van der Waals surface area contributed by atoms with Gasteiger partial charge in [-0.1, -0.05) is 18.5 Å². The molecule has 1 unspecified atom stereocenters. The van der Waals surface area contributed by atoms with Crippen LogP contribution in [0, 0.1) is 17.2 Å².